The van der Waals surface area contributed by atoms with Gasteiger partial charge in [0.2, 0.25) is 0 Å². The van der Waals surface area contributed by atoms with Crippen LogP contribution >= 0.6 is 27.7 Å². The normalized spacial score (nSPS) is 12.8. The standard InChI is InChI=1S/C15H14BrN3S/c1-9(17)11-7-6-10(16)8-14(11)20-15-18-12-4-2-3-5-13(12)19-15/h2-9H,17H2,1H3,(H,18,19). The van der Waals surface area contributed by atoms with Crippen LogP contribution in [0.15, 0.2) is 57.0 Å². The number of hydrogen-bond donors (Lipinski definition) is 2. The Morgan fingerprint density at radius 2 is 2.05 bits per heavy atom. The third-order valence-corrected chi connectivity index (χ3v) is 4.49. The lowest BCUT2D eigenvalue weighted by Crippen LogP contribution is -2.06. The molecule has 3 rings (SSSR count). The number of aromatic nitrogens is 2. The summed E-state index contributed by atoms with van der Waals surface area (Å²) in [6.45, 7) is 1.99. The number of nitrogens with two attached hydrogens (primary N) is 1. The van der Waals surface area contributed by atoms with Crippen molar-refractivity contribution in [1.82, 2.24) is 9.97 Å². The predicted molar refractivity (Wildman–Crippen MR) is 87.0 cm³/mol. The first-order chi connectivity index (χ1) is 9.63. The molecule has 0 aliphatic carbocycles. The topological polar surface area (TPSA) is 54.7 Å². The van der Waals surface area contributed by atoms with Gasteiger partial charge in [0, 0.05) is 15.4 Å². The van der Waals surface area contributed by atoms with E-state index in [1.165, 1.54) is 0 Å². The van der Waals surface area contributed by atoms with Crippen molar-refractivity contribution in [3.8, 4) is 0 Å². The van der Waals surface area contributed by atoms with Gasteiger partial charge in [0.05, 0.1) is 11.0 Å². The minimum Gasteiger partial charge on any atom is -0.333 e. The van der Waals surface area contributed by atoms with Crippen molar-refractivity contribution in [3.63, 3.8) is 0 Å². The molecule has 1 heterocycles. The van der Waals surface area contributed by atoms with E-state index in [-0.39, 0.29) is 6.04 Å². The van der Waals surface area contributed by atoms with Gasteiger partial charge in [-0.15, -0.1) is 0 Å². The van der Waals surface area contributed by atoms with Gasteiger partial charge in [-0.1, -0.05) is 45.9 Å². The lowest BCUT2D eigenvalue weighted by Gasteiger charge is -2.11. The number of aromatic amines is 1. The SMILES string of the molecule is CC(N)c1ccc(Br)cc1Sc1nc2ccccc2[nH]1. The number of H-pyrrole nitrogens is 1. The second-order valence-electron chi connectivity index (χ2n) is 4.63. The third-order valence-electron chi connectivity index (χ3n) is 3.04. The molecule has 3 aromatic rings. The maximum atomic E-state index is 6.03. The summed E-state index contributed by atoms with van der Waals surface area (Å²) in [6, 6.07) is 14.2. The molecule has 3 nitrogen and oxygen atoms in total. The first-order valence-electron chi connectivity index (χ1n) is 6.31. The third kappa shape index (κ3) is 2.75. The van der Waals surface area contributed by atoms with E-state index in [2.05, 4.69) is 38.0 Å². The first-order valence-corrected chi connectivity index (χ1v) is 7.92. The van der Waals surface area contributed by atoms with Crippen LogP contribution in [0, 0.1) is 0 Å². The van der Waals surface area contributed by atoms with E-state index >= 15 is 0 Å². The van der Waals surface area contributed by atoms with Gasteiger partial charge in [0.25, 0.3) is 0 Å². The summed E-state index contributed by atoms with van der Waals surface area (Å²) in [4.78, 5) is 9.03. The molecule has 1 aromatic heterocycles. The number of para-hydroxylation sites is 2. The summed E-state index contributed by atoms with van der Waals surface area (Å²) in [5.74, 6) is 0. The van der Waals surface area contributed by atoms with Crippen molar-refractivity contribution in [2.75, 3.05) is 0 Å². The largest absolute Gasteiger partial charge is 0.333 e. The van der Waals surface area contributed by atoms with Gasteiger partial charge in [-0.05, 0) is 36.8 Å². The van der Waals surface area contributed by atoms with Crippen LogP contribution in [0.25, 0.3) is 11.0 Å². The first kappa shape index (κ1) is 13.7. The summed E-state index contributed by atoms with van der Waals surface area (Å²) in [5, 5.41) is 0.881. The summed E-state index contributed by atoms with van der Waals surface area (Å²) in [7, 11) is 0. The van der Waals surface area contributed by atoms with Gasteiger partial charge < -0.3 is 10.7 Å². The van der Waals surface area contributed by atoms with E-state index < -0.39 is 0 Å². The van der Waals surface area contributed by atoms with Gasteiger partial charge in [-0.2, -0.15) is 0 Å². The van der Waals surface area contributed by atoms with E-state index in [4.69, 9.17) is 5.73 Å². The van der Waals surface area contributed by atoms with Gasteiger partial charge in [-0.3, -0.25) is 0 Å². The minimum absolute atomic E-state index is 0.00465. The fraction of sp³-hybridized carbons (Fsp3) is 0.133. The van der Waals surface area contributed by atoms with Gasteiger partial charge in [0.1, 0.15) is 0 Å². The van der Waals surface area contributed by atoms with Crippen molar-refractivity contribution in [2.45, 2.75) is 23.0 Å². The summed E-state index contributed by atoms with van der Waals surface area (Å²) >= 11 is 5.11. The zero-order chi connectivity index (χ0) is 14.1. The van der Waals surface area contributed by atoms with Crippen molar-refractivity contribution in [1.29, 1.82) is 0 Å². The molecule has 2 aromatic carbocycles. The Kier molecular flexibility index (Phi) is 3.83. The van der Waals surface area contributed by atoms with E-state index in [1.54, 1.807) is 11.8 Å². The van der Waals surface area contributed by atoms with E-state index in [9.17, 15) is 0 Å². The number of nitrogens with one attached hydrogen (secondary N) is 1. The van der Waals surface area contributed by atoms with Crippen molar-refractivity contribution < 1.29 is 0 Å². The number of imidazole rings is 1. The maximum absolute atomic E-state index is 6.03. The average molecular weight is 348 g/mol. The van der Waals surface area contributed by atoms with E-state index in [0.29, 0.717) is 0 Å². The zero-order valence-electron chi connectivity index (χ0n) is 10.9. The smallest absolute Gasteiger partial charge is 0.171 e. The molecule has 3 N–H and O–H groups in total. The number of halogens is 1. The van der Waals surface area contributed by atoms with Gasteiger partial charge in [-0.25, -0.2) is 4.98 Å². The fourth-order valence-corrected chi connectivity index (χ4v) is 3.64. The van der Waals surface area contributed by atoms with E-state index in [0.717, 1.165) is 31.1 Å². The molecule has 0 spiro atoms. The summed E-state index contributed by atoms with van der Waals surface area (Å²) < 4.78 is 1.04. The second kappa shape index (κ2) is 5.60. The van der Waals surface area contributed by atoms with Gasteiger partial charge >= 0.3 is 0 Å². The van der Waals surface area contributed by atoms with Gasteiger partial charge in [0.15, 0.2) is 5.16 Å². The molecule has 1 atom stereocenters. The van der Waals surface area contributed by atoms with Crippen LogP contribution in [0.3, 0.4) is 0 Å². The van der Waals surface area contributed by atoms with Crippen molar-refractivity contribution in [2.24, 2.45) is 5.73 Å². The Balaban J connectivity index is 1.99. The van der Waals surface area contributed by atoms with E-state index in [1.807, 2.05) is 37.3 Å². The molecule has 0 bridgehead atoms. The Bertz CT molecular complexity index is 719. The molecule has 20 heavy (non-hydrogen) atoms. The van der Waals surface area contributed by atoms with Crippen molar-refractivity contribution >= 4 is 38.7 Å². The number of benzene rings is 2. The highest BCUT2D eigenvalue weighted by molar-refractivity contribution is 9.10. The van der Waals surface area contributed by atoms with Crippen LogP contribution in [0.2, 0.25) is 0 Å². The molecule has 5 heteroatoms. The maximum Gasteiger partial charge on any atom is 0.171 e. The highest BCUT2D eigenvalue weighted by atomic mass is 79.9. The summed E-state index contributed by atoms with van der Waals surface area (Å²) in [6.07, 6.45) is 0. The van der Waals surface area contributed by atoms with Crippen LogP contribution in [-0.4, -0.2) is 9.97 Å². The molecular weight excluding hydrogens is 334 g/mol. The van der Waals surface area contributed by atoms with Crippen LogP contribution in [0.1, 0.15) is 18.5 Å². The molecule has 0 fully saturated rings. The molecule has 1 unspecified atom stereocenters. The molecule has 0 radical (unpaired) electrons. The monoisotopic (exact) mass is 347 g/mol. The predicted octanol–water partition coefficient (Wildman–Crippen LogP) is 4.50. The molecule has 0 aliphatic heterocycles. The second-order valence-corrected chi connectivity index (χ2v) is 6.58. The lowest BCUT2D eigenvalue weighted by molar-refractivity contribution is 0.796. The zero-order valence-corrected chi connectivity index (χ0v) is 13.3. The number of nitrogens with zero attached hydrogens (tertiary/aromatic N) is 1. The molecule has 102 valence electrons. The Morgan fingerprint density at radius 1 is 1.25 bits per heavy atom. The Labute approximate surface area is 130 Å². The van der Waals surface area contributed by atoms with Crippen LogP contribution in [-0.2, 0) is 0 Å². The minimum atomic E-state index is -0.00465. The molecule has 0 saturated carbocycles. The van der Waals surface area contributed by atoms with Crippen LogP contribution in [0.4, 0.5) is 0 Å². The summed E-state index contributed by atoms with van der Waals surface area (Å²) in [5.41, 5.74) is 9.19. The van der Waals surface area contributed by atoms with Crippen LogP contribution in [0.5, 0.6) is 0 Å². The van der Waals surface area contributed by atoms with Crippen LogP contribution < -0.4 is 5.73 Å². The van der Waals surface area contributed by atoms with Crippen molar-refractivity contribution in [3.05, 3.63) is 52.5 Å². The number of fused-ring (bicyclic) bond motifs is 1. The average Bonchev–Trinajstić information content (AvgIpc) is 2.80. The quantitative estimate of drug-likeness (QED) is 0.733. The number of hydrogen-bond acceptors (Lipinski definition) is 3. The Hall–Kier alpha value is -1.30. The number of rotatable bonds is 3. The molecule has 0 saturated heterocycles. The highest BCUT2D eigenvalue weighted by Gasteiger charge is 2.11. The lowest BCUT2D eigenvalue weighted by atomic mass is 10.1. The Morgan fingerprint density at radius 3 is 2.80 bits per heavy atom. The fourth-order valence-electron chi connectivity index (χ4n) is 2.05. The highest BCUT2D eigenvalue weighted by Crippen LogP contribution is 2.34. The molecule has 0 aliphatic rings. The molecular formula is C15H14BrN3S. The molecule has 0 amide bonds.